The summed E-state index contributed by atoms with van der Waals surface area (Å²) in [5.74, 6) is -1.26. The van der Waals surface area contributed by atoms with Gasteiger partial charge in [-0.3, -0.25) is 4.79 Å². The molecule has 1 aliphatic rings. The Kier molecular flexibility index (Phi) is 3.56. The number of carboxylic acid groups (broad SMARTS) is 1. The molecule has 7 nitrogen and oxygen atoms in total. The smallest absolute Gasteiger partial charge is 0.332 e. The highest BCUT2D eigenvalue weighted by molar-refractivity contribution is 5.92. The van der Waals surface area contributed by atoms with Crippen molar-refractivity contribution in [3.8, 4) is 0 Å². The number of H-pyrrole nitrogens is 2. The first-order valence-corrected chi connectivity index (χ1v) is 8.17. The maximum absolute atomic E-state index is 12.9. The molecule has 0 aliphatic carbocycles. The fourth-order valence-corrected chi connectivity index (χ4v) is 3.61. The number of aromatic nitrogens is 3. The molecule has 0 saturated heterocycles. The van der Waals surface area contributed by atoms with Crippen LogP contribution in [0.25, 0.3) is 10.9 Å². The van der Waals surface area contributed by atoms with Crippen LogP contribution < -0.4 is 0 Å². The molecule has 3 aromatic rings. The van der Waals surface area contributed by atoms with Gasteiger partial charge in [0, 0.05) is 35.3 Å². The highest BCUT2D eigenvalue weighted by Crippen LogP contribution is 2.29. The van der Waals surface area contributed by atoms with Gasteiger partial charge in [-0.1, -0.05) is 18.2 Å². The van der Waals surface area contributed by atoms with Crippen LogP contribution in [0.15, 0.2) is 30.6 Å². The SMILES string of the molecule is Cc1[nH]c2ccccc2c1CC(=O)N1CCc2[nH]cnc2[C@H]1C(=O)O. The number of fused-ring (bicyclic) bond motifs is 2. The minimum absolute atomic E-state index is 0.166. The minimum atomic E-state index is -1.06. The third-order valence-corrected chi connectivity index (χ3v) is 4.83. The highest BCUT2D eigenvalue weighted by Gasteiger charge is 2.38. The molecule has 0 bridgehead atoms. The molecule has 1 aliphatic heterocycles. The van der Waals surface area contributed by atoms with E-state index in [0.29, 0.717) is 18.7 Å². The zero-order chi connectivity index (χ0) is 17.6. The summed E-state index contributed by atoms with van der Waals surface area (Å²) in [7, 11) is 0. The average Bonchev–Trinajstić information content (AvgIpc) is 3.18. The number of aliphatic carboxylic acids is 1. The number of nitrogens with zero attached hydrogens (tertiary/aromatic N) is 2. The normalized spacial score (nSPS) is 16.8. The van der Waals surface area contributed by atoms with E-state index in [0.717, 1.165) is 27.9 Å². The maximum atomic E-state index is 12.9. The number of imidazole rings is 1. The summed E-state index contributed by atoms with van der Waals surface area (Å²) in [5, 5.41) is 10.6. The van der Waals surface area contributed by atoms with Gasteiger partial charge in [0.2, 0.25) is 5.91 Å². The first-order chi connectivity index (χ1) is 12.1. The van der Waals surface area contributed by atoms with Crippen molar-refractivity contribution in [1.29, 1.82) is 0 Å². The zero-order valence-corrected chi connectivity index (χ0v) is 13.7. The maximum Gasteiger partial charge on any atom is 0.332 e. The zero-order valence-electron chi connectivity index (χ0n) is 13.7. The first kappa shape index (κ1) is 15.4. The molecule has 7 heteroatoms. The van der Waals surface area contributed by atoms with Gasteiger partial charge in [-0.2, -0.15) is 0 Å². The Morgan fingerprint density at radius 3 is 2.96 bits per heavy atom. The molecular weight excluding hydrogens is 320 g/mol. The Morgan fingerprint density at radius 2 is 2.16 bits per heavy atom. The van der Waals surface area contributed by atoms with Crippen LogP contribution in [-0.4, -0.2) is 43.4 Å². The lowest BCUT2D eigenvalue weighted by molar-refractivity contribution is -0.151. The number of carboxylic acids is 1. The van der Waals surface area contributed by atoms with E-state index in [9.17, 15) is 14.7 Å². The second kappa shape index (κ2) is 5.77. The predicted molar refractivity (Wildman–Crippen MR) is 91.1 cm³/mol. The van der Waals surface area contributed by atoms with E-state index < -0.39 is 12.0 Å². The molecule has 0 radical (unpaired) electrons. The lowest BCUT2D eigenvalue weighted by Gasteiger charge is -2.32. The minimum Gasteiger partial charge on any atom is -0.479 e. The lowest BCUT2D eigenvalue weighted by Crippen LogP contribution is -2.44. The van der Waals surface area contributed by atoms with Crippen LogP contribution in [0.4, 0.5) is 0 Å². The van der Waals surface area contributed by atoms with Crippen LogP contribution in [0.3, 0.4) is 0 Å². The standard InChI is InChI=1S/C18H18N4O3/c1-10-12(11-4-2-3-5-13(11)21-10)8-15(23)22-7-6-14-16(20-9-19-14)17(22)18(24)25/h2-5,9,17,21H,6-8H2,1H3,(H,19,20)(H,24,25)/t17-/m0/s1. The van der Waals surface area contributed by atoms with Crippen molar-refractivity contribution in [3.63, 3.8) is 0 Å². The van der Waals surface area contributed by atoms with Crippen LogP contribution in [0.2, 0.25) is 0 Å². The number of aromatic amines is 2. The molecule has 1 aromatic carbocycles. The van der Waals surface area contributed by atoms with E-state index in [-0.39, 0.29) is 12.3 Å². The summed E-state index contributed by atoms with van der Waals surface area (Å²) < 4.78 is 0. The molecule has 3 heterocycles. The molecule has 0 saturated carbocycles. The second-order valence-electron chi connectivity index (χ2n) is 6.30. The predicted octanol–water partition coefficient (Wildman–Crippen LogP) is 1.95. The van der Waals surface area contributed by atoms with Crippen molar-refractivity contribution in [2.45, 2.75) is 25.8 Å². The molecular formula is C18H18N4O3. The molecule has 1 atom stereocenters. The second-order valence-corrected chi connectivity index (χ2v) is 6.30. The van der Waals surface area contributed by atoms with Crippen molar-refractivity contribution >= 4 is 22.8 Å². The van der Waals surface area contributed by atoms with Crippen molar-refractivity contribution in [3.05, 3.63) is 53.2 Å². The highest BCUT2D eigenvalue weighted by atomic mass is 16.4. The van der Waals surface area contributed by atoms with E-state index in [1.165, 1.54) is 11.2 Å². The van der Waals surface area contributed by atoms with Crippen molar-refractivity contribution in [2.75, 3.05) is 6.54 Å². The number of aryl methyl sites for hydroxylation is 1. The number of hydrogen-bond acceptors (Lipinski definition) is 3. The summed E-state index contributed by atoms with van der Waals surface area (Å²) >= 11 is 0. The topological polar surface area (TPSA) is 102 Å². The molecule has 3 N–H and O–H groups in total. The number of amides is 1. The lowest BCUT2D eigenvalue weighted by atomic mass is 10.0. The molecule has 0 spiro atoms. The van der Waals surface area contributed by atoms with Gasteiger partial charge in [-0.05, 0) is 18.6 Å². The van der Waals surface area contributed by atoms with Crippen LogP contribution in [0, 0.1) is 6.92 Å². The summed E-state index contributed by atoms with van der Waals surface area (Å²) in [4.78, 5) is 36.5. The number of carbonyl (C=O) groups is 2. The fourth-order valence-electron chi connectivity index (χ4n) is 3.61. The molecule has 1 amide bonds. The van der Waals surface area contributed by atoms with E-state index in [4.69, 9.17) is 0 Å². The van der Waals surface area contributed by atoms with Crippen molar-refractivity contribution < 1.29 is 14.7 Å². The van der Waals surface area contributed by atoms with Gasteiger partial charge in [0.25, 0.3) is 0 Å². The fraction of sp³-hybridized carbons (Fsp3) is 0.278. The number of nitrogens with one attached hydrogen (secondary N) is 2. The molecule has 4 rings (SSSR count). The third-order valence-electron chi connectivity index (χ3n) is 4.83. The Labute approximate surface area is 143 Å². The number of para-hydroxylation sites is 1. The molecule has 2 aromatic heterocycles. The van der Waals surface area contributed by atoms with E-state index >= 15 is 0 Å². The van der Waals surface area contributed by atoms with E-state index in [2.05, 4.69) is 15.0 Å². The number of rotatable bonds is 3. The summed E-state index contributed by atoms with van der Waals surface area (Å²) in [6, 6.07) is 6.77. The van der Waals surface area contributed by atoms with Gasteiger partial charge in [-0.15, -0.1) is 0 Å². The summed E-state index contributed by atoms with van der Waals surface area (Å²) in [6.07, 6.45) is 2.23. The third kappa shape index (κ3) is 2.48. The first-order valence-electron chi connectivity index (χ1n) is 8.17. The Hall–Kier alpha value is -3.09. The number of benzene rings is 1. The van der Waals surface area contributed by atoms with Gasteiger partial charge >= 0.3 is 5.97 Å². The van der Waals surface area contributed by atoms with Crippen LogP contribution >= 0.6 is 0 Å². The molecule has 0 unspecified atom stereocenters. The monoisotopic (exact) mass is 338 g/mol. The van der Waals surface area contributed by atoms with Crippen molar-refractivity contribution in [1.82, 2.24) is 19.9 Å². The van der Waals surface area contributed by atoms with Crippen LogP contribution in [-0.2, 0) is 22.4 Å². The van der Waals surface area contributed by atoms with Crippen LogP contribution in [0.5, 0.6) is 0 Å². The van der Waals surface area contributed by atoms with Gasteiger partial charge in [-0.25, -0.2) is 9.78 Å². The summed E-state index contributed by atoms with van der Waals surface area (Å²) in [5.41, 5.74) is 4.05. The van der Waals surface area contributed by atoms with Crippen molar-refractivity contribution in [2.24, 2.45) is 0 Å². The quantitative estimate of drug-likeness (QED) is 0.679. The Bertz CT molecular complexity index is 972. The summed E-state index contributed by atoms with van der Waals surface area (Å²) in [6.45, 7) is 2.30. The van der Waals surface area contributed by atoms with Gasteiger partial charge in [0.1, 0.15) is 0 Å². The largest absolute Gasteiger partial charge is 0.479 e. The van der Waals surface area contributed by atoms with Gasteiger partial charge in [0.15, 0.2) is 6.04 Å². The van der Waals surface area contributed by atoms with E-state index in [1.54, 1.807) is 0 Å². The Morgan fingerprint density at radius 1 is 1.36 bits per heavy atom. The van der Waals surface area contributed by atoms with Gasteiger partial charge < -0.3 is 20.0 Å². The molecule has 128 valence electrons. The van der Waals surface area contributed by atoms with Crippen LogP contribution in [0.1, 0.15) is 28.7 Å². The number of carbonyl (C=O) groups excluding carboxylic acids is 1. The number of hydrogen-bond donors (Lipinski definition) is 3. The van der Waals surface area contributed by atoms with E-state index in [1.807, 2.05) is 31.2 Å². The van der Waals surface area contributed by atoms with Gasteiger partial charge in [0.05, 0.1) is 18.4 Å². The molecule has 0 fully saturated rings. The molecule has 25 heavy (non-hydrogen) atoms. The Balaban J connectivity index is 1.66. The average molecular weight is 338 g/mol.